The molecule has 0 saturated carbocycles. The Morgan fingerprint density at radius 3 is 2.71 bits per heavy atom. The molecule has 0 fully saturated rings. The topological polar surface area (TPSA) is 34.9 Å². The van der Waals surface area contributed by atoms with Gasteiger partial charge in [0.05, 0.1) is 5.39 Å². The molecule has 0 atom stereocenters. The lowest BCUT2D eigenvalue weighted by Gasteiger charge is -2.00. The van der Waals surface area contributed by atoms with Crippen molar-refractivity contribution in [3.63, 3.8) is 0 Å². The SMILES string of the molecule is CC.Cc1nc2sccc2c(=O)n1C. The predicted octanol–water partition coefficient (Wildman–Crippen LogP) is 2.33. The zero-order chi connectivity index (χ0) is 10.7. The monoisotopic (exact) mass is 210 g/mol. The Balaban J connectivity index is 0.000000461. The zero-order valence-corrected chi connectivity index (χ0v) is 9.68. The lowest BCUT2D eigenvalue weighted by atomic mass is 10.4. The van der Waals surface area contributed by atoms with Crippen molar-refractivity contribution in [1.29, 1.82) is 0 Å². The maximum absolute atomic E-state index is 11.5. The molecule has 0 aliphatic heterocycles. The summed E-state index contributed by atoms with van der Waals surface area (Å²) in [5.41, 5.74) is 0.0405. The van der Waals surface area contributed by atoms with Crippen LogP contribution in [0, 0.1) is 6.92 Å². The van der Waals surface area contributed by atoms with Crippen LogP contribution in [0.25, 0.3) is 10.2 Å². The van der Waals surface area contributed by atoms with Crippen molar-refractivity contribution >= 4 is 21.6 Å². The molecule has 0 amide bonds. The molecular weight excluding hydrogens is 196 g/mol. The second-order valence-electron chi connectivity index (χ2n) is 2.66. The van der Waals surface area contributed by atoms with Gasteiger partial charge in [-0.1, -0.05) is 13.8 Å². The summed E-state index contributed by atoms with van der Waals surface area (Å²) in [6.07, 6.45) is 0. The summed E-state index contributed by atoms with van der Waals surface area (Å²) in [6, 6.07) is 1.81. The molecule has 0 aliphatic carbocycles. The van der Waals surface area contributed by atoms with E-state index in [1.807, 2.05) is 32.2 Å². The smallest absolute Gasteiger partial charge is 0.261 e. The summed E-state index contributed by atoms with van der Waals surface area (Å²) < 4.78 is 1.56. The van der Waals surface area contributed by atoms with E-state index >= 15 is 0 Å². The van der Waals surface area contributed by atoms with Crippen LogP contribution < -0.4 is 5.56 Å². The number of aromatic nitrogens is 2. The average Bonchev–Trinajstić information content (AvgIpc) is 2.65. The van der Waals surface area contributed by atoms with E-state index in [2.05, 4.69) is 4.98 Å². The minimum atomic E-state index is 0.0405. The van der Waals surface area contributed by atoms with E-state index in [9.17, 15) is 4.79 Å². The summed E-state index contributed by atoms with van der Waals surface area (Å²) in [7, 11) is 1.74. The van der Waals surface area contributed by atoms with Gasteiger partial charge in [0.15, 0.2) is 0 Å². The Bertz CT molecular complexity index is 484. The quantitative estimate of drug-likeness (QED) is 0.669. The van der Waals surface area contributed by atoms with Crippen LogP contribution in [-0.4, -0.2) is 9.55 Å². The summed E-state index contributed by atoms with van der Waals surface area (Å²) in [5.74, 6) is 0.759. The summed E-state index contributed by atoms with van der Waals surface area (Å²) in [5, 5.41) is 2.60. The lowest BCUT2D eigenvalue weighted by Crippen LogP contribution is -2.19. The average molecular weight is 210 g/mol. The highest BCUT2D eigenvalue weighted by Gasteiger charge is 2.04. The lowest BCUT2D eigenvalue weighted by molar-refractivity contribution is 0.794. The van der Waals surface area contributed by atoms with E-state index < -0.39 is 0 Å². The van der Waals surface area contributed by atoms with Gasteiger partial charge in [0, 0.05) is 7.05 Å². The maximum Gasteiger partial charge on any atom is 0.261 e. The first kappa shape index (κ1) is 10.9. The molecule has 76 valence electrons. The third-order valence-corrected chi connectivity index (χ3v) is 2.74. The van der Waals surface area contributed by atoms with Gasteiger partial charge in [-0.05, 0) is 18.4 Å². The van der Waals surface area contributed by atoms with Gasteiger partial charge < -0.3 is 0 Å². The summed E-state index contributed by atoms with van der Waals surface area (Å²) >= 11 is 1.50. The molecule has 0 bridgehead atoms. The molecule has 14 heavy (non-hydrogen) atoms. The van der Waals surface area contributed by atoms with Gasteiger partial charge in [-0.15, -0.1) is 11.3 Å². The number of rotatable bonds is 0. The zero-order valence-electron chi connectivity index (χ0n) is 8.87. The van der Waals surface area contributed by atoms with Crippen LogP contribution in [0.1, 0.15) is 19.7 Å². The van der Waals surface area contributed by atoms with E-state index in [0.29, 0.717) is 5.39 Å². The third-order valence-electron chi connectivity index (χ3n) is 1.93. The number of hydrogen-bond acceptors (Lipinski definition) is 3. The van der Waals surface area contributed by atoms with Crippen molar-refractivity contribution in [2.24, 2.45) is 7.05 Å². The molecule has 4 heteroatoms. The van der Waals surface area contributed by atoms with Crippen molar-refractivity contribution in [2.75, 3.05) is 0 Å². The van der Waals surface area contributed by atoms with Gasteiger partial charge in [-0.25, -0.2) is 4.98 Å². The molecule has 0 aromatic carbocycles. The predicted molar refractivity (Wildman–Crippen MR) is 60.9 cm³/mol. The Kier molecular flexibility index (Phi) is 3.41. The van der Waals surface area contributed by atoms with E-state index in [0.717, 1.165) is 10.7 Å². The Hall–Kier alpha value is -1.16. The number of hydrogen-bond donors (Lipinski definition) is 0. The van der Waals surface area contributed by atoms with E-state index in [-0.39, 0.29) is 5.56 Å². The van der Waals surface area contributed by atoms with Gasteiger partial charge >= 0.3 is 0 Å². The first-order valence-electron chi connectivity index (χ1n) is 4.61. The molecule has 0 radical (unpaired) electrons. The highest BCUT2D eigenvalue weighted by atomic mass is 32.1. The van der Waals surface area contributed by atoms with Crippen LogP contribution in [-0.2, 0) is 7.05 Å². The van der Waals surface area contributed by atoms with Crippen LogP contribution in [0.4, 0.5) is 0 Å². The highest BCUT2D eigenvalue weighted by molar-refractivity contribution is 7.16. The van der Waals surface area contributed by atoms with Crippen LogP contribution in [0.3, 0.4) is 0 Å². The van der Waals surface area contributed by atoms with Gasteiger partial charge in [-0.2, -0.15) is 0 Å². The molecule has 2 aromatic heterocycles. The number of thiophene rings is 1. The van der Waals surface area contributed by atoms with Crippen molar-refractivity contribution in [3.05, 3.63) is 27.6 Å². The van der Waals surface area contributed by atoms with Crippen molar-refractivity contribution < 1.29 is 0 Å². The summed E-state index contributed by atoms with van der Waals surface area (Å²) in [4.78, 5) is 16.6. The van der Waals surface area contributed by atoms with Gasteiger partial charge in [0.25, 0.3) is 5.56 Å². The van der Waals surface area contributed by atoms with Crippen molar-refractivity contribution in [1.82, 2.24) is 9.55 Å². The standard InChI is InChI=1S/C8H8N2OS.C2H6/c1-5-9-7-6(3-4-12-7)8(11)10(5)2;1-2/h3-4H,1-2H3;1-2H3. The second kappa shape index (κ2) is 4.37. The van der Waals surface area contributed by atoms with Crippen LogP contribution in [0.2, 0.25) is 0 Å². The minimum Gasteiger partial charge on any atom is -0.299 e. The van der Waals surface area contributed by atoms with Gasteiger partial charge in [0.2, 0.25) is 0 Å². The van der Waals surface area contributed by atoms with E-state index in [4.69, 9.17) is 0 Å². The molecule has 2 rings (SSSR count). The molecule has 2 heterocycles. The number of nitrogens with zero attached hydrogens (tertiary/aromatic N) is 2. The highest BCUT2D eigenvalue weighted by Crippen LogP contribution is 2.14. The Morgan fingerprint density at radius 1 is 1.43 bits per heavy atom. The fourth-order valence-electron chi connectivity index (χ4n) is 1.10. The fourth-order valence-corrected chi connectivity index (χ4v) is 1.90. The van der Waals surface area contributed by atoms with Gasteiger partial charge in [-0.3, -0.25) is 9.36 Å². The third kappa shape index (κ3) is 1.70. The largest absolute Gasteiger partial charge is 0.299 e. The molecule has 0 N–H and O–H groups in total. The second-order valence-corrected chi connectivity index (χ2v) is 3.56. The molecule has 0 saturated heterocycles. The normalized spacial score (nSPS) is 9.71. The number of fused-ring (bicyclic) bond motifs is 1. The summed E-state index contributed by atoms with van der Waals surface area (Å²) in [6.45, 7) is 5.83. The first-order valence-corrected chi connectivity index (χ1v) is 5.49. The van der Waals surface area contributed by atoms with E-state index in [1.54, 1.807) is 11.6 Å². The molecule has 0 aliphatic rings. The fraction of sp³-hybridized carbons (Fsp3) is 0.400. The van der Waals surface area contributed by atoms with Crippen molar-refractivity contribution in [2.45, 2.75) is 20.8 Å². The van der Waals surface area contributed by atoms with Gasteiger partial charge in [0.1, 0.15) is 10.7 Å². The molecular formula is C10H14N2OS. The van der Waals surface area contributed by atoms with E-state index in [1.165, 1.54) is 11.3 Å². The van der Waals surface area contributed by atoms with Crippen LogP contribution in [0.15, 0.2) is 16.2 Å². The minimum absolute atomic E-state index is 0.0405. The van der Waals surface area contributed by atoms with Crippen molar-refractivity contribution in [3.8, 4) is 0 Å². The van der Waals surface area contributed by atoms with Crippen LogP contribution >= 0.6 is 11.3 Å². The maximum atomic E-state index is 11.5. The molecule has 3 nitrogen and oxygen atoms in total. The number of aryl methyl sites for hydroxylation is 1. The molecule has 0 unspecified atom stereocenters. The first-order chi connectivity index (χ1) is 6.70. The molecule has 2 aromatic rings. The molecule has 0 spiro atoms. The van der Waals surface area contributed by atoms with Crippen LogP contribution in [0.5, 0.6) is 0 Å². The Morgan fingerprint density at radius 2 is 2.07 bits per heavy atom. The Labute approximate surface area is 87.0 Å².